The number of hydrogen-bond donors (Lipinski definition) is 2. The van der Waals surface area contributed by atoms with Crippen LogP contribution in [0.4, 0.5) is 10.1 Å². The number of aromatic amines is 1. The Kier molecular flexibility index (Phi) is 8.86. The van der Waals surface area contributed by atoms with Crippen LogP contribution in [0.3, 0.4) is 0 Å². The molecule has 2 saturated heterocycles. The Morgan fingerprint density at radius 3 is 2.49 bits per heavy atom. The molecule has 8 nitrogen and oxygen atoms in total. The molecule has 0 saturated carbocycles. The lowest BCUT2D eigenvalue weighted by Gasteiger charge is -2.34. The summed E-state index contributed by atoms with van der Waals surface area (Å²) in [5, 5.41) is 3.33. The Balaban J connectivity index is 1.27. The molecule has 2 amide bonds. The number of benzene rings is 2. The average molecular weight is 674 g/mol. The number of nitrogens with zero attached hydrogens (tertiary/aromatic N) is 2. The summed E-state index contributed by atoms with van der Waals surface area (Å²) >= 11 is 12.5. The molecule has 238 valence electrons. The van der Waals surface area contributed by atoms with E-state index in [0.717, 1.165) is 19.4 Å². The van der Waals surface area contributed by atoms with Gasteiger partial charge in [-0.05, 0) is 81.5 Å². The molecule has 0 bridgehead atoms. The molecule has 45 heavy (non-hydrogen) atoms. The molecule has 0 radical (unpaired) electrons. The number of rotatable bonds is 7. The second kappa shape index (κ2) is 12.5. The van der Waals surface area contributed by atoms with Gasteiger partial charge in [-0.1, -0.05) is 29.3 Å². The van der Waals surface area contributed by atoms with E-state index >= 15 is 0 Å². The van der Waals surface area contributed by atoms with E-state index in [9.17, 15) is 22.4 Å². The second-order valence-electron chi connectivity index (χ2n) is 12.1. The van der Waals surface area contributed by atoms with E-state index in [1.165, 1.54) is 12.1 Å². The summed E-state index contributed by atoms with van der Waals surface area (Å²) in [5.74, 6) is -0.821. The van der Waals surface area contributed by atoms with Crippen molar-refractivity contribution in [2.75, 3.05) is 31.5 Å². The quantitative estimate of drug-likeness (QED) is 0.281. The minimum Gasteiger partial charge on any atom is -0.358 e. The lowest BCUT2D eigenvalue weighted by atomic mass is 10.0. The van der Waals surface area contributed by atoms with E-state index in [1.54, 1.807) is 30.3 Å². The predicted octanol–water partition coefficient (Wildman–Crippen LogP) is 6.44. The lowest BCUT2D eigenvalue weighted by Crippen LogP contribution is -2.46. The number of H-pyrrole nitrogens is 1. The number of piperidine rings is 1. The van der Waals surface area contributed by atoms with E-state index in [4.69, 9.17) is 23.2 Å². The van der Waals surface area contributed by atoms with Crippen LogP contribution in [0.25, 0.3) is 11.6 Å². The molecule has 3 aromatic rings. The highest BCUT2D eigenvalue weighted by atomic mass is 35.5. The van der Waals surface area contributed by atoms with Crippen molar-refractivity contribution in [2.45, 2.75) is 62.4 Å². The zero-order chi connectivity index (χ0) is 32.0. The Hall–Kier alpha value is -3.18. The fourth-order valence-corrected chi connectivity index (χ4v) is 8.77. The van der Waals surface area contributed by atoms with E-state index in [-0.39, 0.29) is 38.4 Å². The SMILES string of the molecule is Cc1[nH]c(C=C2C(=O)Nc3ccc(S(=O)(=O)Cc4c(Cl)cccc4Cl)cc32)c(C)c1C(=O)N1CCC[C@@H]1CN1CCC(F)CC1. The molecule has 3 aliphatic rings. The number of halogens is 3. The molecule has 4 heterocycles. The summed E-state index contributed by atoms with van der Waals surface area (Å²) in [6.07, 6.45) is 3.83. The van der Waals surface area contributed by atoms with Crippen LogP contribution in [0.1, 0.15) is 64.1 Å². The molecule has 0 spiro atoms. The van der Waals surface area contributed by atoms with Crippen molar-refractivity contribution in [2.24, 2.45) is 0 Å². The third-order valence-corrected chi connectivity index (χ3v) is 11.5. The highest BCUT2D eigenvalue weighted by molar-refractivity contribution is 7.90. The van der Waals surface area contributed by atoms with Crippen molar-refractivity contribution < 1.29 is 22.4 Å². The molecule has 3 aliphatic heterocycles. The summed E-state index contributed by atoms with van der Waals surface area (Å²) in [5.41, 5.74) is 4.13. The minimum absolute atomic E-state index is 0.0331. The molecule has 0 aliphatic carbocycles. The van der Waals surface area contributed by atoms with Gasteiger partial charge in [0.1, 0.15) is 6.17 Å². The molecular weight excluding hydrogens is 638 g/mol. The van der Waals surface area contributed by atoms with Gasteiger partial charge in [-0.25, -0.2) is 12.8 Å². The van der Waals surface area contributed by atoms with E-state index in [1.807, 2.05) is 18.7 Å². The molecular formula is C33H35Cl2FN4O4S. The molecule has 1 aromatic heterocycles. The molecule has 1 atom stereocenters. The van der Waals surface area contributed by atoms with E-state index in [2.05, 4.69) is 15.2 Å². The van der Waals surface area contributed by atoms with Crippen LogP contribution < -0.4 is 5.32 Å². The standard InChI is InChI=1S/C33H35Cl2FN4O4S/c1-19-30(37-20(2)31(19)33(42)40-12-4-5-22(40)17-39-13-10-21(36)11-14-39)16-25-24-15-23(8-9-29(24)38-32(25)41)45(43,44)18-26-27(34)6-3-7-28(26)35/h3,6-9,15-16,21-22,37H,4-5,10-14,17-18H2,1-2H3,(H,38,41)/t22-/m1/s1. The Morgan fingerprint density at radius 1 is 1.07 bits per heavy atom. The van der Waals surface area contributed by atoms with Crippen molar-refractivity contribution in [1.82, 2.24) is 14.8 Å². The fraction of sp³-hybridized carbons (Fsp3) is 0.394. The zero-order valence-electron chi connectivity index (χ0n) is 25.1. The number of likely N-dealkylation sites (tertiary alicyclic amines) is 2. The van der Waals surface area contributed by atoms with Crippen molar-refractivity contribution in [3.8, 4) is 0 Å². The monoisotopic (exact) mass is 672 g/mol. The van der Waals surface area contributed by atoms with Gasteiger partial charge >= 0.3 is 0 Å². The number of nitrogens with one attached hydrogen (secondary N) is 2. The summed E-state index contributed by atoms with van der Waals surface area (Å²) in [6, 6.07) is 9.40. The summed E-state index contributed by atoms with van der Waals surface area (Å²) < 4.78 is 40.5. The maximum Gasteiger partial charge on any atom is 0.256 e. The van der Waals surface area contributed by atoms with Crippen LogP contribution in [0.15, 0.2) is 41.3 Å². The van der Waals surface area contributed by atoms with Crippen LogP contribution >= 0.6 is 23.2 Å². The number of fused-ring (bicyclic) bond motifs is 1. The zero-order valence-corrected chi connectivity index (χ0v) is 27.5. The van der Waals surface area contributed by atoms with Gasteiger partial charge < -0.3 is 20.1 Å². The maximum absolute atomic E-state index is 13.9. The Bertz CT molecular complexity index is 1790. The fourth-order valence-electron chi connectivity index (χ4n) is 6.65. The first kappa shape index (κ1) is 31.8. The van der Waals surface area contributed by atoms with Gasteiger partial charge in [0.2, 0.25) is 0 Å². The number of hydrogen-bond acceptors (Lipinski definition) is 5. The molecule has 6 rings (SSSR count). The van der Waals surface area contributed by atoms with Gasteiger partial charge in [0, 0.05) is 70.5 Å². The third-order valence-electron chi connectivity index (χ3n) is 9.13. The number of alkyl halides is 1. The second-order valence-corrected chi connectivity index (χ2v) is 14.9. The van der Waals surface area contributed by atoms with Crippen LogP contribution in [0.5, 0.6) is 0 Å². The number of anilines is 1. The topological polar surface area (TPSA) is 103 Å². The molecule has 2 aromatic carbocycles. The number of carbonyl (C=O) groups excluding carboxylic acids is 2. The number of sulfone groups is 1. The van der Waals surface area contributed by atoms with Crippen molar-refractivity contribution in [3.63, 3.8) is 0 Å². The normalized spacial score (nSPS) is 20.2. The first-order valence-electron chi connectivity index (χ1n) is 15.1. The predicted molar refractivity (Wildman–Crippen MR) is 175 cm³/mol. The van der Waals surface area contributed by atoms with Gasteiger partial charge in [0.25, 0.3) is 11.8 Å². The minimum atomic E-state index is -3.86. The number of amides is 2. The summed E-state index contributed by atoms with van der Waals surface area (Å²) in [6.45, 7) is 6.51. The van der Waals surface area contributed by atoms with Gasteiger partial charge in [0.05, 0.1) is 21.8 Å². The smallest absolute Gasteiger partial charge is 0.256 e. The highest BCUT2D eigenvalue weighted by Gasteiger charge is 2.34. The van der Waals surface area contributed by atoms with Crippen molar-refractivity contribution >= 4 is 62.2 Å². The van der Waals surface area contributed by atoms with E-state index < -0.39 is 21.8 Å². The summed E-state index contributed by atoms with van der Waals surface area (Å²) in [7, 11) is -3.86. The lowest BCUT2D eigenvalue weighted by molar-refractivity contribution is -0.110. The van der Waals surface area contributed by atoms with Gasteiger partial charge in [-0.3, -0.25) is 9.59 Å². The van der Waals surface area contributed by atoms with Gasteiger partial charge in [-0.2, -0.15) is 0 Å². The molecule has 2 N–H and O–H groups in total. The number of aryl methyl sites for hydroxylation is 1. The van der Waals surface area contributed by atoms with Crippen LogP contribution in [-0.4, -0.2) is 73.4 Å². The molecule has 0 unspecified atom stereocenters. The first-order chi connectivity index (χ1) is 21.4. The Morgan fingerprint density at radius 2 is 1.78 bits per heavy atom. The van der Waals surface area contributed by atoms with Crippen LogP contribution in [0.2, 0.25) is 10.0 Å². The van der Waals surface area contributed by atoms with E-state index in [0.29, 0.717) is 71.8 Å². The molecule has 2 fully saturated rings. The first-order valence-corrected chi connectivity index (χ1v) is 17.5. The van der Waals surface area contributed by atoms with Crippen molar-refractivity contribution in [3.05, 3.63) is 80.1 Å². The molecule has 12 heteroatoms. The average Bonchev–Trinajstić information content (AvgIpc) is 3.67. The van der Waals surface area contributed by atoms with Crippen molar-refractivity contribution in [1.29, 1.82) is 0 Å². The van der Waals surface area contributed by atoms with Crippen LogP contribution in [0, 0.1) is 13.8 Å². The highest BCUT2D eigenvalue weighted by Crippen LogP contribution is 2.37. The Labute approximate surface area is 272 Å². The van der Waals surface area contributed by atoms with Gasteiger partial charge in [-0.15, -0.1) is 0 Å². The summed E-state index contributed by atoms with van der Waals surface area (Å²) in [4.78, 5) is 34.5. The number of carbonyl (C=O) groups is 2. The number of aromatic nitrogens is 1. The maximum atomic E-state index is 13.9. The third kappa shape index (κ3) is 6.30. The van der Waals surface area contributed by atoms with Crippen LogP contribution in [-0.2, 0) is 20.4 Å². The largest absolute Gasteiger partial charge is 0.358 e. The van der Waals surface area contributed by atoms with Gasteiger partial charge in [0.15, 0.2) is 9.84 Å².